The quantitative estimate of drug-likeness (QED) is 0.569. The van der Waals surface area contributed by atoms with Gasteiger partial charge in [0.05, 0.1) is 11.8 Å². The minimum absolute atomic E-state index is 0.00402. The number of ether oxygens (including phenoxy) is 2. The molecule has 0 radical (unpaired) electrons. The van der Waals surface area contributed by atoms with E-state index in [0.29, 0.717) is 30.3 Å². The van der Waals surface area contributed by atoms with E-state index in [9.17, 15) is 13.9 Å². The third-order valence-electron chi connectivity index (χ3n) is 5.79. The fourth-order valence-electron chi connectivity index (χ4n) is 4.21. The molecule has 2 aromatic carbocycles. The monoisotopic (exact) mass is 449 g/mol. The van der Waals surface area contributed by atoms with Crippen LogP contribution >= 0.6 is 11.9 Å². The first-order valence-electron chi connectivity index (χ1n) is 10.9. The minimum Gasteiger partial charge on any atom is -0.490 e. The molecule has 0 aliphatic carbocycles. The van der Waals surface area contributed by atoms with E-state index < -0.39 is 17.7 Å². The molecule has 2 atom stereocenters. The van der Waals surface area contributed by atoms with E-state index in [4.69, 9.17) is 9.47 Å². The molecule has 2 unspecified atom stereocenters. The van der Waals surface area contributed by atoms with Crippen molar-refractivity contribution in [1.82, 2.24) is 0 Å². The summed E-state index contributed by atoms with van der Waals surface area (Å²) in [6.07, 6.45) is 1.87. The number of anilines is 1. The first-order valence-corrected chi connectivity index (χ1v) is 11.6. The van der Waals surface area contributed by atoms with Gasteiger partial charge in [0.25, 0.3) is 0 Å². The summed E-state index contributed by atoms with van der Waals surface area (Å²) in [5, 5.41) is 10.8. The van der Waals surface area contributed by atoms with Crippen LogP contribution in [0.25, 0.3) is 0 Å². The highest BCUT2D eigenvalue weighted by Gasteiger charge is 2.33. The fourth-order valence-corrected chi connectivity index (χ4v) is 5.39. The van der Waals surface area contributed by atoms with E-state index in [1.54, 1.807) is 0 Å². The fraction of sp³-hybridized carbons (Fsp3) is 0.500. The van der Waals surface area contributed by atoms with Crippen LogP contribution in [0.3, 0.4) is 0 Å². The Morgan fingerprint density at radius 1 is 1.13 bits per heavy atom. The number of benzene rings is 2. The molecule has 2 aliphatic heterocycles. The average Bonchev–Trinajstić information content (AvgIpc) is 2.74. The highest BCUT2D eigenvalue weighted by Crippen LogP contribution is 2.42. The summed E-state index contributed by atoms with van der Waals surface area (Å²) in [6.45, 7) is 6.18. The Morgan fingerprint density at radius 2 is 1.90 bits per heavy atom. The predicted octanol–water partition coefficient (Wildman–Crippen LogP) is 5.75. The molecule has 0 spiro atoms. The largest absolute Gasteiger partial charge is 0.490 e. The van der Waals surface area contributed by atoms with Crippen LogP contribution in [-0.2, 0) is 4.74 Å². The van der Waals surface area contributed by atoms with Crippen LogP contribution in [0.2, 0.25) is 0 Å². The van der Waals surface area contributed by atoms with Gasteiger partial charge in [0.2, 0.25) is 0 Å². The number of rotatable bonds is 6. The van der Waals surface area contributed by atoms with Crippen LogP contribution in [0.15, 0.2) is 41.3 Å². The highest BCUT2D eigenvalue weighted by molar-refractivity contribution is 8.00. The van der Waals surface area contributed by atoms with Crippen molar-refractivity contribution in [3.63, 3.8) is 0 Å². The summed E-state index contributed by atoms with van der Waals surface area (Å²) in [5.74, 6) is 0.206. The maximum absolute atomic E-state index is 14.4. The molecule has 1 fully saturated rings. The standard InChI is InChI=1S/C24H29F2NO3S/c1-15(2)14-27(21-5-3-17(25)11-20(21)26)31-18-4-6-23-19(12-18)22(28)13-24(30-23)16-7-9-29-10-8-16/h3-6,11-12,15-16,22,24,28H,7-10,13-14H2,1-2H3. The van der Waals surface area contributed by atoms with Crippen molar-refractivity contribution in [1.29, 1.82) is 0 Å². The third kappa shape index (κ3) is 5.33. The van der Waals surface area contributed by atoms with Gasteiger partial charge in [-0.2, -0.15) is 0 Å². The van der Waals surface area contributed by atoms with Crippen LogP contribution in [0.4, 0.5) is 14.5 Å². The van der Waals surface area contributed by atoms with Crippen LogP contribution in [0.5, 0.6) is 5.75 Å². The summed E-state index contributed by atoms with van der Waals surface area (Å²) in [4.78, 5) is 0.871. The molecule has 4 nitrogen and oxygen atoms in total. The molecule has 2 aliphatic rings. The van der Waals surface area contributed by atoms with Crippen molar-refractivity contribution in [3.05, 3.63) is 53.6 Å². The zero-order chi connectivity index (χ0) is 22.0. The molecule has 0 aromatic heterocycles. The van der Waals surface area contributed by atoms with Crippen molar-refractivity contribution in [2.75, 3.05) is 24.1 Å². The Hall–Kier alpha value is -1.83. The summed E-state index contributed by atoms with van der Waals surface area (Å²) in [6, 6.07) is 9.38. The minimum atomic E-state index is -0.599. The lowest BCUT2D eigenvalue weighted by molar-refractivity contribution is -0.0151. The SMILES string of the molecule is CC(C)CN(Sc1ccc2c(c1)C(O)CC(C1CCOCC1)O2)c1ccc(F)cc1F. The number of aliphatic hydroxyl groups is 1. The normalized spacial score (nSPS) is 21.6. The zero-order valence-electron chi connectivity index (χ0n) is 17.9. The molecule has 2 heterocycles. The molecule has 4 rings (SSSR count). The van der Waals surface area contributed by atoms with Crippen LogP contribution < -0.4 is 9.04 Å². The number of hydrogen-bond acceptors (Lipinski definition) is 5. The molecule has 0 amide bonds. The maximum atomic E-state index is 14.4. The van der Waals surface area contributed by atoms with Gasteiger partial charge < -0.3 is 18.9 Å². The van der Waals surface area contributed by atoms with Gasteiger partial charge in [-0.25, -0.2) is 8.78 Å². The van der Waals surface area contributed by atoms with Crippen molar-refractivity contribution >= 4 is 17.6 Å². The molecule has 0 saturated carbocycles. The molecule has 1 N–H and O–H groups in total. The van der Waals surface area contributed by atoms with Crippen molar-refractivity contribution in [2.45, 2.75) is 50.2 Å². The summed E-state index contributed by atoms with van der Waals surface area (Å²) in [5.41, 5.74) is 1.10. The Morgan fingerprint density at radius 3 is 2.61 bits per heavy atom. The molecular weight excluding hydrogens is 420 g/mol. The number of aliphatic hydroxyl groups excluding tert-OH is 1. The van der Waals surface area contributed by atoms with Gasteiger partial charge in [0.15, 0.2) is 0 Å². The Labute approximate surface area is 186 Å². The van der Waals surface area contributed by atoms with Gasteiger partial charge >= 0.3 is 0 Å². The Bertz CT molecular complexity index is 904. The van der Waals surface area contributed by atoms with Gasteiger partial charge in [0.1, 0.15) is 23.5 Å². The summed E-state index contributed by atoms with van der Waals surface area (Å²) in [7, 11) is 0. The van der Waals surface area contributed by atoms with Gasteiger partial charge in [-0.05, 0) is 61.0 Å². The third-order valence-corrected chi connectivity index (χ3v) is 6.82. The van der Waals surface area contributed by atoms with Gasteiger partial charge in [-0.3, -0.25) is 0 Å². The summed E-state index contributed by atoms with van der Waals surface area (Å²) >= 11 is 1.38. The lowest BCUT2D eigenvalue weighted by Crippen LogP contribution is -2.36. The van der Waals surface area contributed by atoms with Crippen molar-refractivity contribution < 1.29 is 23.4 Å². The van der Waals surface area contributed by atoms with E-state index in [0.717, 1.165) is 42.6 Å². The van der Waals surface area contributed by atoms with E-state index in [1.165, 1.54) is 24.1 Å². The topological polar surface area (TPSA) is 41.9 Å². The smallest absolute Gasteiger partial charge is 0.150 e. The van der Waals surface area contributed by atoms with E-state index in [1.807, 2.05) is 22.5 Å². The maximum Gasteiger partial charge on any atom is 0.150 e. The van der Waals surface area contributed by atoms with Gasteiger partial charge in [-0.1, -0.05) is 13.8 Å². The van der Waals surface area contributed by atoms with Gasteiger partial charge in [0, 0.05) is 48.6 Å². The van der Waals surface area contributed by atoms with E-state index >= 15 is 0 Å². The highest BCUT2D eigenvalue weighted by atomic mass is 32.2. The van der Waals surface area contributed by atoms with E-state index in [2.05, 4.69) is 13.8 Å². The molecule has 7 heteroatoms. The van der Waals surface area contributed by atoms with Crippen molar-refractivity contribution in [2.24, 2.45) is 11.8 Å². The summed E-state index contributed by atoms with van der Waals surface area (Å²) < 4.78 is 41.4. The number of fused-ring (bicyclic) bond motifs is 1. The lowest BCUT2D eigenvalue weighted by Gasteiger charge is -2.36. The molecule has 1 saturated heterocycles. The molecular formula is C24H29F2NO3S. The first kappa shape index (κ1) is 22.4. The number of hydrogen-bond donors (Lipinski definition) is 1. The molecule has 0 bridgehead atoms. The second-order valence-corrected chi connectivity index (χ2v) is 9.79. The van der Waals surface area contributed by atoms with E-state index in [-0.39, 0.29) is 12.0 Å². The van der Waals surface area contributed by atoms with Crippen molar-refractivity contribution in [3.8, 4) is 5.75 Å². The Kier molecular flexibility index (Phi) is 7.04. The molecule has 168 valence electrons. The van der Waals surface area contributed by atoms with Crippen LogP contribution in [0.1, 0.15) is 44.8 Å². The number of halogens is 2. The second-order valence-electron chi connectivity index (χ2n) is 8.70. The lowest BCUT2D eigenvalue weighted by atomic mass is 9.87. The second kappa shape index (κ2) is 9.76. The van der Waals surface area contributed by atoms with Crippen LogP contribution in [-0.4, -0.2) is 31.0 Å². The average molecular weight is 450 g/mol. The first-order chi connectivity index (χ1) is 14.9. The Balaban J connectivity index is 1.54. The van der Waals surface area contributed by atoms with Crippen LogP contribution in [0, 0.1) is 23.5 Å². The zero-order valence-corrected chi connectivity index (χ0v) is 18.7. The predicted molar refractivity (Wildman–Crippen MR) is 118 cm³/mol. The van der Waals surface area contributed by atoms with Gasteiger partial charge in [-0.15, -0.1) is 0 Å². The molecule has 2 aromatic rings. The number of nitrogens with zero attached hydrogens (tertiary/aromatic N) is 1. The molecule has 31 heavy (non-hydrogen) atoms.